The predicted molar refractivity (Wildman–Crippen MR) is 177 cm³/mol. The smallest absolute Gasteiger partial charge is 0.416 e. The van der Waals surface area contributed by atoms with Crippen LogP contribution < -0.4 is 26.5 Å². The normalized spacial score (nSPS) is 12.6. The number of nitrogen functional groups attached to an aromatic ring is 1. The van der Waals surface area contributed by atoms with Gasteiger partial charge in [-0.25, -0.2) is 18.2 Å². The molecule has 0 aliphatic rings. The molecule has 55 heavy (non-hydrogen) atoms. The topological polar surface area (TPSA) is 169 Å². The molecule has 3 aromatic rings. The maximum Gasteiger partial charge on any atom is 0.416 e. The Bertz CT molecular complexity index is 1950. The lowest BCUT2D eigenvalue weighted by Gasteiger charge is -2.32. The van der Waals surface area contributed by atoms with Crippen LogP contribution in [0.4, 0.5) is 40.8 Å². The number of nitrogens with zero attached hydrogens (tertiary/aromatic N) is 1. The quantitative estimate of drug-likeness (QED) is 0.0487. The minimum atomic E-state index is -4.96. The average Bonchev–Trinajstić information content (AvgIpc) is 3.10. The van der Waals surface area contributed by atoms with Gasteiger partial charge in [-0.2, -0.15) is 22.0 Å². The number of carbonyl (C=O) groups excluding carboxylic acids is 5. The summed E-state index contributed by atoms with van der Waals surface area (Å²) in [5.41, 5.74) is 4.68. The van der Waals surface area contributed by atoms with Crippen LogP contribution in [0.2, 0.25) is 5.02 Å². The number of hydrogen-bond acceptors (Lipinski definition) is 8. The van der Waals surface area contributed by atoms with E-state index in [9.17, 15) is 59.1 Å². The molecule has 3 aromatic carbocycles. The molecule has 21 heteroatoms. The molecule has 0 fully saturated rings. The van der Waals surface area contributed by atoms with Gasteiger partial charge in [0, 0.05) is 5.56 Å². The number of hydrogen-bond donors (Lipinski definition) is 4. The first-order valence-corrected chi connectivity index (χ1v) is 16.1. The second kappa shape index (κ2) is 17.7. The van der Waals surface area contributed by atoms with Gasteiger partial charge in [-0.05, 0) is 48.2 Å². The predicted octanol–water partition coefficient (Wildman–Crippen LogP) is 5.14. The molecule has 0 saturated heterocycles. The Kier molecular flexibility index (Phi) is 14.0. The highest BCUT2D eigenvalue weighted by molar-refractivity contribution is 6.33. The summed E-state index contributed by atoms with van der Waals surface area (Å²) in [6.45, 7) is 2.77. The second-order valence-corrected chi connectivity index (χ2v) is 12.9. The molecular formula is C34H32ClF8N5O7. The summed E-state index contributed by atoms with van der Waals surface area (Å²) in [6, 6.07) is 3.14. The molecule has 0 aliphatic carbocycles. The van der Waals surface area contributed by atoms with Gasteiger partial charge in [-0.3, -0.25) is 29.4 Å². The van der Waals surface area contributed by atoms with Crippen molar-refractivity contribution in [2.45, 2.75) is 46.0 Å². The maximum absolute atomic E-state index is 14.2. The molecule has 0 saturated carbocycles. The van der Waals surface area contributed by atoms with E-state index < -0.39 is 112 Å². The van der Waals surface area contributed by atoms with Crippen LogP contribution in [-0.2, 0) is 30.1 Å². The lowest BCUT2D eigenvalue weighted by Crippen LogP contribution is -2.57. The highest BCUT2D eigenvalue weighted by Gasteiger charge is 2.38. The zero-order valence-corrected chi connectivity index (χ0v) is 29.9. The van der Waals surface area contributed by atoms with E-state index in [4.69, 9.17) is 22.1 Å². The molecule has 0 radical (unpaired) electrons. The monoisotopic (exact) mass is 809 g/mol. The van der Waals surface area contributed by atoms with Crippen LogP contribution >= 0.6 is 11.6 Å². The number of benzene rings is 3. The van der Waals surface area contributed by atoms with E-state index in [-0.39, 0.29) is 27.9 Å². The molecular weight excluding hydrogens is 778 g/mol. The Morgan fingerprint density at radius 1 is 0.855 bits per heavy atom. The first-order valence-electron chi connectivity index (χ1n) is 15.7. The Hall–Kier alpha value is -5.66. The molecule has 0 aliphatic heterocycles. The third-order valence-electron chi connectivity index (χ3n) is 7.41. The summed E-state index contributed by atoms with van der Waals surface area (Å²) < 4.78 is 120. The summed E-state index contributed by atoms with van der Waals surface area (Å²) in [6.07, 6.45) is -4.96. The number of rotatable bonds is 12. The minimum Gasteiger partial charge on any atom is -0.477 e. The van der Waals surface area contributed by atoms with Crippen molar-refractivity contribution in [2.75, 3.05) is 25.5 Å². The Morgan fingerprint density at radius 3 is 2.00 bits per heavy atom. The molecule has 2 atom stereocenters. The van der Waals surface area contributed by atoms with Gasteiger partial charge in [-0.1, -0.05) is 44.5 Å². The minimum absolute atomic E-state index is 0.00488. The van der Waals surface area contributed by atoms with E-state index in [1.54, 1.807) is 0 Å². The van der Waals surface area contributed by atoms with Gasteiger partial charge in [0.05, 0.1) is 22.9 Å². The van der Waals surface area contributed by atoms with E-state index in [0.717, 1.165) is 12.1 Å². The molecule has 5 N–H and O–H groups in total. The molecule has 0 bridgehead atoms. The number of amides is 4. The van der Waals surface area contributed by atoms with Gasteiger partial charge in [0.15, 0.2) is 12.4 Å². The first kappa shape index (κ1) is 43.7. The number of nitrogens with two attached hydrogens (primary N) is 1. The van der Waals surface area contributed by atoms with E-state index in [1.807, 2.05) is 5.43 Å². The highest BCUT2D eigenvalue weighted by atomic mass is 35.5. The first-order chi connectivity index (χ1) is 25.5. The van der Waals surface area contributed by atoms with E-state index in [2.05, 4.69) is 15.4 Å². The van der Waals surface area contributed by atoms with Gasteiger partial charge >= 0.3 is 12.1 Å². The van der Waals surface area contributed by atoms with E-state index in [0.29, 0.717) is 12.1 Å². The van der Waals surface area contributed by atoms with Crippen molar-refractivity contribution in [3.05, 3.63) is 93.3 Å². The van der Waals surface area contributed by atoms with Crippen molar-refractivity contribution in [3.8, 4) is 5.75 Å². The molecule has 0 aromatic heterocycles. The molecule has 0 heterocycles. The molecule has 0 spiro atoms. The van der Waals surface area contributed by atoms with Crippen LogP contribution in [0.5, 0.6) is 5.75 Å². The van der Waals surface area contributed by atoms with Gasteiger partial charge in [0.25, 0.3) is 17.7 Å². The highest BCUT2D eigenvalue weighted by Crippen LogP contribution is 2.32. The van der Waals surface area contributed by atoms with E-state index >= 15 is 0 Å². The zero-order chi connectivity index (χ0) is 41.6. The van der Waals surface area contributed by atoms with Crippen LogP contribution in [0.25, 0.3) is 0 Å². The summed E-state index contributed by atoms with van der Waals surface area (Å²) in [5, 5.41) is 4.80. The lowest BCUT2D eigenvalue weighted by molar-refractivity contribution is -0.154. The number of carbonyl (C=O) groups is 5. The fourth-order valence-corrected chi connectivity index (χ4v) is 4.81. The fraction of sp³-hybridized carbons (Fsp3) is 0.324. The third-order valence-corrected chi connectivity index (χ3v) is 7.74. The van der Waals surface area contributed by atoms with Crippen LogP contribution in [0.1, 0.15) is 55.2 Å². The van der Waals surface area contributed by atoms with Crippen LogP contribution in [0.15, 0.2) is 42.5 Å². The number of halogens is 9. The lowest BCUT2D eigenvalue weighted by atomic mass is 9.85. The van der Waals surface area contributed by atoms with Gasteiger partial charge < -0.3 is 25.8 Å². The average molecular weight is 810 g/mol. The third kappa shape index (κ3) is 11.0. The van der Waals surface area contributed by atoms with Crippen molar-refractivity contribution in [1.29, 1.82) is 0 Å². The van der Waals surface area contributed by atoms with Gasteiger partial charge in [0.1, 0.15) is 18.6 Å². The van der Waals surface area contributed by atoms with Gasteiger partial charge in [-0.15, -0.1) is 0 Å². The largest absolute Gasteiger partial charge is 0.477 e. The summed E-state index contributed by atoms with van der Waals surface area (Å²) in [5.74, 6) is -20.5. The Labute approximate surface area is 312 Å². The number of hydrazine groups is 1. The Balaban J connectivity index is 2.02. The van der Waals surface area contributed by atoms with Crippen LogP contribution in [0, 0.1) is 34.5 Å². The maximum atomic E-state index is 14.2. The summed E-state index contributed by atoms with van der Waals surface area (Å²) in [4.78, 5) is 66.3. The summed E-state index contributed by atoms with van der Waals surface area (Å²) in [7, 11) is 0. The van der Waals surface area contributed by atoms with Crippen molar-refractivity contribution in [3.63, 3.8) is 0 Å². The van der Waals surface area contributed by atoms with Crippen molar-refractivity contribution in [2.24, 2.45) is 5.41 Å². The molecule has 4 amide bonds. The Morgan fingerprint density at radius 2 is 1.45 bits per heavy atom. The number of ether oxygens (including phenoxy) is 2. The molecule has 12 nitrogen and oxygen atoms in total. The standard InChI is InChI=1S/C34H32ClF8N5O7/c1-5-54-21(50)13-48(20(49)14-55-28-25(39)23(37)22(36)24(38)26(28)40)47-31(52)27(15-7-6-8-17(11-15)34(41,42)43)45-32(53)29(33(2,3)4)46-30(51)16-9-10-19(44)18(35)12-16/h6-12,27,29H,5,13-14,44H2,1-4H3,(H,45,53)(H,46,51)(H,47,52)/t27?,29-/m1/s1. The number of anilines is 1. The zero-order valence-electron chi connectivity index (χ0n) is 29.1. The molecule has 1 unspecified atom stereocenters. The fourth-order valence-electron chi connectivity index (χ4n) is 4.63. The van der Waals surface area contributed by atoms with Crippen LogP contribution in [-0.4, -0.2) is 60.4 Å². The SMILES string of the molecule is CCOC(=O)CN(NC(=O)C(NC(=O)[C@@H](NC(=O)c1ccc(N)c(Cl)c1)C(C)(C)C)c1cccc(C(F)(F)F)c1)C(=O)COc1c(F)c(F)c(F)c(F)c1F. The van der Waals surface area contributed by atoms with Crippen molar-refractivity contribution >= 4 is 46.9 Å². The summed E-state index contributed by atoms with van der Waals surface area (Å²) >= 11 is 6.01. The molecule has 298 valence electrons. The van der Waals surface area contributed by atoms with E-state index in [1.165, 1.54) is 45.9 Å². The van der Waals surface area contributed by atoms with Crippen molar-refractivity contribution in [1.82, 2.24) is 21.1 Å². The van der Waals surface area contributed by atoms with Crippen molar-refractivity contribution < 1.29 is 68.6 Å². The number of esters is 1. The second-order valence-electron chi connectivity index (χ2n) is 12.5. The number of nitrogens with one attached hydrogen (secondary N) is 3. The van der Waals surface area contributed by atoms with Gasteiger partial charge in [0.2, 0.25) is 35.0 Å². The number of alkyl halides is 3. The molecule has 3 rings (SSSR count). The van der Waals surface area contributed by atoms with Crippen LogP contribution in [0.3, 0.4) is 0 Å².